The second kappa shape index (κ2) is 4.94. The van der Waals surface area contributed by atoms with Gasteiger partial charge in [-0.15, -0.1) is 0 Å². The van der Waals surface area contributed by atoms with E-state index >= 15 is 0 Å². The predicted molar refractivity (Wildman–Crippen MR) is 72.1 cm³/mol. The standard InChI is InChI=1S/C15H13NO3/c1-9-4-2-3-5-13(9)10-6-11(14(16)17)8-12(7-10)15(18)19/h2-8H,1H3,(H2,16,17)(H,18,19). The Morgan fingerprint density at radius 1 is 1.05 bits per heavy atom. The number of primary amides is 1. The van der Waals surface area contributed by atoms with Gasteiger partial charge >= 0.3 is 5.97 Å². The fourth-order valence-corrected chi connectivity index (χ4v) is 1.95. The zero-order chi connectivity index (χ0) is 14.0. The van der Waals surface area contributed by atoms with Crippen LogP contribution in [-0.2, 0) is 0 Å². The lowest BCUT2D eigenvalue weighted by Crippen LogP contribution is -2.12. The van der Waals surface area contributed by atoms with E-state index in [2.05, 4.69) is 0 Å². The number of benzene rings is 2. The van der Waals surface area contributed by atoms with E-state index in [4.69, 9.17) is 10.8 Å². The van der Waals surface area contributed by atoms with Gasteiger partial charge in [0.15, 0.2) is 0 Å². The molecule has 0 fully saturated rings. The molecule has 0 saturated carbocycles. The van der Waals surface area contributed by atoms with Gasteiger partial charge in [0, 0.05) is 5.56 Å². The van der Waals surface area contributed by atoms with Gasteiger partial charge in [0.25, 0.3) is 0 Å². The van der Waals surface area contributed by atoms with E-state index < -0.39 is 11.9 Å². The van der Waals surface area contributed by atoms with E-state index in [9.17, 15) is 9.59 Å². The number of hydrogen-bond donors (Lipinski definition) is 2. The molecule has 1 amide bonds. The van der Waals surface area contributed by atoms with Crippen molar-refractivity contribution in [3.8, 4) is 11.1 Å². The van der Waals surface area contributed by atoms with Gasteiger partial charge in [-0.1, -0.05) is 24.3 Å². The molecular weight excluding hydrogens is 242 g/mol. The van der Waals surface area contributed by atoms with E-state index in [1.807, 2.05) is 31.2 Å². The highest BCUT2D eigenvalue weighted by Gasteiger charge is 2.12. The van der Waals surface area contributed by atoms with Crippen molar-refractivity contribution in [3.63, 3.8) is 0 Å². The molecule has 2 rings (SSSR count). The van der Waals surface area contributed by atoms with Gasteiger partial charge in [-0.3, -0.25) is 4.79 Å². The summed E-state index contributed by atoms with van der Waals surface area (Å²) in [5.41, 5.74) is 8.04. The van der Waals surface area contributed by atoms with Crippen LogP contribution in [0.3, 0.4) is 0 Å². The first kappa shape index (κ1) is 12.8. The second-order valence-electron chi connectivity index (χ2n) is 4.28. The summed E-state index contributed by atoms with van der Waals surface area (Å²) in [5.74, 6) is -1.73. The average molecular weight is 255 g/mol. The summed E-state index contributed by atoms with van der Waals surface area (Å²) in [6, 6.07) is 12.0. The van der Waals surface area contributed by atoms with Crippen LogP contribution in [0.4, 0.5) is 0 Å². The van der Waals surface area contributed by atoms with Gasteiger partial charge in [-0.2, -0.15) is 0 Å². The van der Waals surface area contributed by atoms with E-state index in [1.165, 1.54) is 12.1 Å². The second-order valence-corrected chi connectivity index (χ2v) is 4.28. The van der Waals surface area contributed by atoms with Crippen LogP contribution < -0.4 is 5.73 Å². The van der Waals surface area contributed by atoms with E-state index in [0.29, 0.717) is 5.56 Å². The summed E-state index contributed by atoms with van der Waals surface area (Å²) in [4.78, 5) is 22.4. The van der Waals surface area contributed by atoms with Crippen molar-refractivity contribution in [1.82, 2.24) is 0 Å². The first-order chi connectivity index (χ1) is 8.99. The van der Waals surface area contributed by atoms with Gasteiger partial charge in [-0.05, 0) is 41.8 Å². The molecule has 0 bridgehead atoms. The Morgan fingerprint density at radius 2 is 1.68 bits per heavy atom. The van der Waals surface area contributed by atoms with Crippen molar-refractivity contribution in [2.45, 2.75) is 6.92 Å². The maximum atomic E-state index is 11.3. The highest BCUT2D eigenvalue weighted by Crippen LogP contribution is 2.25. The van der Waals surface area contributed by atoms with E-state index in [1.54, 1.807) is 6.07 Å². The van der Waals surface area contributed by atoms with Gasteiger partial charge in [0.2, 0.25) is 5.91 Å². The van der Waals surface area contributed by atoms with E-state index in [0.717, 1.165) is 11.1 Å². The van der Waals surface area contributed by atoms with Crippen LogP contribution in [0.5, 0.6) is 0 Å². The summed E-state index contributed by atoms with van der Waals surface area (Å²) in [7, 11) is 0. The Balaban J connectivity index is 2.67. The van der Waals surface area contributed by atoms with Crippen molar-refractivity contribution in [3.05, 3.63) is 59.2 Å². The molecule has 0 spiro atoms. The molecule has 0 aliphatic carbocycles. The fourth-order valence-electron chi connectivity index (χ4n) is 1.95. The number of amides is 1. The molecule has 2 aromatic rings. The van der Waals surface area contributed by atoms with Crippen molar-refractivity contribution in [1.29, 1.82) is 0 Å². The normalized spacial score (nSPS) is 10.2. The third-order valence-corrected chi connectivity index (χ3v) is 2.92. The number of carbonyl (C=O) groups excluding carboxylic acids is 1. The zero-order valence-corrected chi connectivity index (χ0v) is 10.4. The van der Waals surface area contributed by atoms with E-state index in [-0.39, 0.29) is 11.1 Å². The number of aryl methyl sites for hydroxylation is 1. The molecule has 0 aromatic heterocycles. The topological polar surface area (TPSA) is 80.4 Å². The lowest BCUT2D eigenvalue weighted by Gasteiger charge is -2.08. The molecule has 19 heavy (non-hydrogen) atoms. The molecule has 0 heterocycles. The van der Waals surface area contributed by atoms with Gasteiger partial charge in [0.1, 0.15) is 0 Å². The van der Waals surface area contributed by atoms with Crippen molar-refractivity contribution in [2.24, 2.45) is 5.73 Å². The van der Waals surface area contributed by atoms with Crippen LogP contribution in [-0.4, -0.2) is 17.0 Å². The Labute approximate surface area is 110 Å². The molecule has 96 valence electrons. The largest absolute Gasteiger partial charge is 0.478 e. The number of aromatic carboxylic acids is 1. The quantitative estimate of drug-likeness (QED) is 0.884. The molecule has 4 nitrogen and oxygen atoms in total. The summed E-state index contributed by atoms with van der Waals surface area (Å²) in [6.07, 6.45) is 0. The molecule has 0 atom stereocenters. The molecule has 0 radical (unpaired) electrons. The SMILES string of the molecule is Cc1ccccc1-c1cc(C(N)=O)cc(C(=O)O)c1. The minimum absolute atomic E-state index is 0.0505. The molecule has 0 aliphatic rings. The number of carbonyl (C=O) groups is 2. The molecule has 4 heteroatoms. The van der Waals surface area contributed by atoms with Crippen LogP contribution in [0.15, 0.2) is 42.5 Å². The average Bonchev–Trinajstić information content (AvgIpc) is 2.38. The Morgan fingerprint density at radius 3 is 2.26 bits per heavy atom. The van der Waals surface area contributed by atoms with Gasteiger partial charge < -0.3 is 10.8 Å². The summed E-state index contributed by atoms with van der Waals surface area (Å²) < 4.78 is 0. The maximum absolute atomic E-state index is 11.3. The first-order valence-corrected chi connectivity index (χ1v) is 5.73. The predicted octanol–water partition coefficient (Wildman–Crippen LogP) is 2.46. The number of nitrogens with two attached hydrogens (primary N) is 1. The van der Waals surface area contributed by atoms with Crippen molar-refractivity contribution >= 4 is 11.9 Å². The lowest BCUT2D eigenvalue weighted by atomic mass is 9.96. The monoisotopic (exact) mass is 255 g/mol. The third-order valence-electron chi connectivity index (χ3n) is 2.92. The molecule has 0 aliphatic heterocycles. The number of carboxylic acid groups (broad SMARTS) is 1. The number of rotatable bonds is 3. The zero-order valence-electron chi connectivity index (χ0n) is 10.4. The summed E-state index contributed by atoms with van der Waals surface area (Å²) in [5, 5.41) is 9.08. The minimum atomic E-state index is -1.09. The summed E-state index contributed by atoms with van der Waals surface area (Å²) in [6.45, 7) is 1.92. The van der Waals surface area contributed by atoms with Gasteiger partial charge in [0.05, 0.1) is 5.56 Å². The van der Waals surface area contributed by atoms with Gasteiger partial charge in [-0.25, -0.2) is 4.79 Å². The molecule has 3 N–H and O–H groups in total. The smallest absolute Gasteiger partial charge is 0.335 e. The minimum Gasteiger partial charge on any atom is -0.478 e. The number of carboxylic acids is 1. The van der Waals surface area contributed by atoms with Crippen LogP contribution in [0, 0.1) is 6.92 Å². The Kier molecular flexibility index (Phi) is 3.33. The van der Waals surface area contributed by atoms with Crippen LogP contribution in [0.1, 0.15) is 26.3 Å². The fraction of sp³-hybridized carbons (Fsp3) is 0.0667. The van der Waals surface area contributed by atoms with Crippen molar-refractivity contribution in [2.75, 3.05) is 0 Å². The Hall–Kier alpha value is -2.62. The maximum Gasteiger partial charge on any atom is 0.335 e. The van der Waals surface area contributed by atoms with Crippen LogP contribution >= 0.6 is 0 Å². The molecule has 0 saturated heterocycles. The van der Waals surface area contributed by atoms with Crippen LogP contribution in [0.25, 0.3) is 11.1 Å². The highest BCUT2D eigenvalue weighted by atomic mass is 16.4. The first-order valence-electron chi connectivity index (χ1n) is 5.73. The third kappa shape index (κ3) is 2.63. The number of hydrogen-bond acceptors (Lipinski definition) is 2. The lowest BCUT2D eigenvalue weighted by molar-refractivity contribution is 0.0697. The molecular formula is C15H13NO3. The van der Waals surface area contributed by atoms with Crippen molar-refractivity contribution < 1.29 is 14.7 Å². The highest BCUT2D eigenvalue weighted by molar-refractivity contribution is 5.98. The molecule has 2 aromatic carbocycles. The van der Waals surface area contributed by atoms with Crippen LogP contribution in [0.2, 0.25) is 0 Å². The summed E-state index contributed by atoms with van der Waals surface area (Å²) >= 11 is 0. The molecule has 0 unspecified atom stereocenters. The Bertz CT molecular complexity index is 630.